The smallest absolute Gasteiger partial charge is 0.320 e. The van der Waals surface area contributed by atoms with Gasteiger partial charge < -0.3 is 14.2 Å². The quantitative estimate of drug-likeness (QED) is 0.345. The van der Waals surface area contributed by atoms with Crippen molar-refractivity contribution in [2.24, 2.45) is 5.92 Å². The molecule has 0 fully saturated rings. The molecule has 29 heavy (non-hydrogen) atoms. The van der Waals surface area contributed by atoms with Crippen molar-refractivity contribution in [2.45, 2.75) is 32.8 Å². The van der Waals surface area contributed by atoms with Crippen LogP contribution in [0.4, 0.5) is 0 Å². The van der Waals surface area contributed by atoms with Crippen molar-refractivity contribution >= 4 is 17.9 Å². The number of hydrogen-bond acceptors (Lipinski definition) is 6. The number of ether oxygens (including phenoxy) is 3. The van der Waals surface area contributed by atoms with Crippen LogP contribution >= 0.6 is 0 Å². The normalized spacial score (nSPS) is 11.6. The first-order valence-corrected chi connectivity index (χ1v) is 9.64. The Morgan fingerprint density at radius 1 is 0.759 bits per heavy atom. The van der Waals surface area contributed by atoms with Crippen molar-refractivity contribution in [1.29, 1.82) is 0 Å². The molecule has 0 spiro atoms. The lowest BCUT2D eigenvalue weighted by Crippen LogP contribution is -2.34. The third kappa shape index (κ3) is 6.75. The van der Waals surface area contributed by atoms with Crippen molar-refractivity contribution < 1.29 is 28.6 Å². The van der Waals surface area contributed by atoms with Crippen LogP contribution in [0.1, 0.15) is 37.3 Å². The Kier molecular flexibility index (Phi) is 8.89. The first-order chi connectivity index (χ1) is 14.1. The minimum absolute atomic E-state index is 0.116. The third-order valence-electron chi connectivity index (χ3n) is 4.34. The van der Waals surface area contributed by atoms with Gasteiger partial charge in [0.15, 0.2) is 5.92 Å². The average Bonchev–Trinajstić information content (AvgIpc) is 2.73. The molecule has 0 bridgehead atoms. The Hall–Kier alpha value is -3.15. The molecular formula is C23H26O6. The highest BCUT2D eigenvalue weighted by molar-refractivity contribution is 5.96. The van der Waals surface area contributed by atoms with Crippen LogP contribution in [0.15, 0.2) is 60.7 Å². The fourth-order valence-electron chi connectivity index (χ4n) is 2.99. The van der Waals surface area contributed by atoms with Crippen molar-refractivity contribution in [3.8, 4) is 0 Å². The summed E-state index contributed by atoms with van der Waals surface area (Å²) >= 11 is 0. The van der Waals surface area contributed by atoms with Crippen molar-refractivity contribution in [3.05, 3.63) is 71.8 Å². The zero-order valence-corrected chi connectivity index (χ0v) is 16.7. The highest BCUT2D eigenvalue weighted by Gasteiger charge is 2.39. The Morgan fingerprint density at radius 2 is 1.28 bits per heavy atom. The second kappa shape index (κ2) is 11.6. The van der Waals surface area contributed by atoms with Crippen LogP contribution in [0, 0.1) is 5.92 Å². The maximum Gasteiger partial charge on any atom is 0.320 e. The summed E-state index contributed by atoms with van der Waals surface area (Å²) < 4.78 is 15.6. The van der Waals surface area contributed by atoms with E-state index in [0.717, 1.165) is 5.56 Å². The minimum Gasteiger partial charge on any atom is -0.465 e. The summed E-state index contributed by atoms with van der Waals surface area (Å²) in [6.07, 6.45) is -0.154. The van der Waals surface area contributed by atoms with E-state index in [1.165, 1.54) is 0 Å². The molecule has 2 aromatic rings. The summed E-state index contributed by atoms with van der Waals surface area (Å²) in [4.78, 5) is 37.7. The predicted octanol–water partition coefficient (Wildman–Crippen LogP) is 3.65. The van der Waals surface area contributed by atoms with Gasteiger partial charge in [0, 0.05) is 5.92 Å². The summed E-state index contributed by atoms with van der Waals surface area (Å²) in [6.45, 7) is 3.67. The van der Waals surface area contributed by atoms with Gasteiger partial charge in [0.2, 0.25) is 0 Å². The molecule has 1 atom stereocenters. The second-order valence-electron chi connectivity index (χ2n) is 6.35. The largest absolute Gasteiger partial charge is 0.465 e. The molecular weight excluding hydrogens is 372 g/mol. The molecule has 0 heterocycles. The number of rotatable bonds is 10. The van der Waals surface area contributed by atoms with Gasteiger partial charge in [-0.1, -0.05) is 60.7 Å². The molecule has 0 saturated heterocycles. The van der Waals surface area contributed by atoms with Crippen LogP contribution in [0.2, 0.25) is 0 Å². The molecule has 2 aromatic carbocycles. The standard InChI is InChI=1S/C23H26O6/c1-3-27-22(25)21(23(26)28-4-2)19(18-13-9-6-10-14-18)15-20(24)29-16-17-11-7-5-8-12-17/h5-14,19,21H,3-4,15-16H2,1-2H3. The summed E-state index contributed by atoms with van der Waals surface area (Å²) in [5.41, 5.74) is 1.51. The van der Waals surface area contributed by atoms with Crippen LogP contribution in [0.25, 0.3) is 0 Å². The molecule has 0 aliphatic carbocycles. The van der Waals surface area contributed by atoms with Gasteiger partial charge in [-0.25, -0.2) is 0 Å². The molecule has 6 nitrogen and oxygen atoms in total. The monoisotopic (exact) mass is 398 g/mol. The molecule has 0 aromatic heterocycles. The van der Waals surface area contributed by atoms with Crippen LogP contribution < -0.4 is 0 Å². The van der Waals surface area contributed by atoms with Crippen LogP contribution in [-0.4, -0.2) is 31.1 Å². The Labute approximate surface area is 170 Å². The van der Waals surface area contributed by atoms with Crippen LogP contribution in [0.3, 0.4) is 0 Å². The van der Waals surface area contributed by atoms with E-state index in [-0.39, 0.29) is 26.2 Å². The molecule has 0 saturated carbocycles. The van der Waals surface area contributed by atoms with Crippen molar-refractivity contribution in [1.82, 2.24) is 0 Å². The van der Waals surface area contributed by atoms with Gasteiger partial charge in [-0.15, -0.1) is 0 Å². The van der Waals surface area contributed by atoms with Crippen molar-refractivity contribution in [3.63, 3.8) is 0 Å². The average molecular weight is 398 g/mol. The molecule has 0 amide bonds. The second-order valence-corrected chi connectivity index (χ2v) is 6.35. The highest BCUT2D eigenvalue weighted by atomic mass is 16.6. The van der Waals surface area contributed by atoms with Gasteiger partial charge in [0.1, 0.15) is 6.61 Å². The van der Waals surface area contributed by atoms with Crippen LogP contribution in [-0.2, 0) is 35.2 Å². The number of esters is 3. The van der Waals surface area contributed by atoms with Gasteiger partial charge in [-0.3, -0.25) is 14.4 Å². The van der Waals surface area contributed by atoms with E-state index >= 15 is 0 Å². The maximum absolute atomic E-state index is 12.6. The molecule has 0 aliphatic heterocycles. The van der Waals surface area contributed by atoms with E-state index in [1.807, 2.05) is 36.4 Å². The first kappa shape index (κ1) is 22.1. The fourth-order valence-corrected chi connectivity index (χ4v) is 2.99. The lowest BCUT2D eigenvalue weighted by Gasteiger charge is -2.24. The summed E-state index contributed by atoms with van der Waals surface area (Å²) in [5.74, 6) is -3.94. The summed E-state index contributed by atoms with van der Waals surface area (Å²) in [7, 11) is 0. The third-order valence-corrected chi connectivity index (χ3v) is 4.34. The zero-order chi connectivity index (χ0) is 21.1. The Bertz CT molecular complexity index is 770. The maximum atomic E-state index is 12.6. The molecule has 154 valence electrons. The summed E-state index contributed by atoms with van der Waals surface area (Å²) in [5, 5.41) is 0. The van der Waals surface area contributed by atoms with E-state index < -0.39 is 29.7 Å². The van der Waals surface area contributed by atoms with Gasteiger partial charge in [0.25, 0.3) is 0 Å². The van der Waals surface area contributed by atoms with E-state index in [2.05, 4.69) is 0 Å². The Balaban J connectivity index is 2.23. The molecule has 0 aliphatic rings. The molecule has 0 radical (unpaired) electrons. The molecule has 2 rings (SSSR count). The number of benzene rings is 2. The molecule has 6 heteroatoms. The highest BCUT2D eigenvalue weighted by Crippen LogP contribution is 2.31. The Morgan fingerprint density at radius 3 is 1.79 bits per heavy atom. The number of carbonyl (C=O) groups excluding carboxylic acids is 3. The lowest BCUT2D eigenvalue weighted by molar-refractivity contribution is -0.163. The van der Waals surface area contributed by atoms with Gasteiger partial charge >= 0.3 is 17.9 Å². The van der Waals surface area contributed by atoms with E-state index in [0.29, 0.717) is 5.56 Å². The fraction of sp³-hybridized carbons (Fsp3) is 0.348. The SMILES string of the molecule is CCOC(=O)C(C(=O)OCC)C(CC(=O)OCc1ccccc1)c1ccccc1. The van der Waals surface area contributed by atoms with Gasteiger partial charge in [-0.05, 0) is 25.0 Å². The summed E-state index contributed by atoms with van der Waals surface area (Å²) in [6, 6.07) is 18.2. The van der Waals surface area contributed by atoms with Gasteiger partial charge in [0.05, 0.1) is 19.6 Å². The number of hydrogen-bond donors (Lipinski definition) is 0. The lowest BCUT2D eigenvalue weighted by atomic mass is 9.83. The minimum atomic E-state index is -1.25. The van der Waals surface area contributed by atoms with E-state index in [1.54, 1.807) is 38.1 Å². The van der Waals surface area contributed by atoms with Gasteiger partial charge in [-0.2, -0.15) is 0 Å². The van der Waals surface area contributed by atoms with E-state index in [4.69, 9.17) is 14.2 Å². The van der Waals surface area contributed by atoms with E-state index in [9.17, 15) is 14.4 Å². The topological polar surface area (TPSA) is 78.9 Å². The number of carbonyl (C=O) groups is 3. The van der Waals surface area contributed by atoms with Crippen molar-refractivity contribution in [2.75, 3.05) is 13.2 Å². The zero-order valence-electron chi connectivity index (χ0n) is 16.7. The predicted molar refractivity (Wildman–Crippen MR) is 107 cm³/mol. The first-order valence-electron chi connectivity index (χ1n) is 9.64. The molecule has 0 N–H and O–H groups in total. The molecule has 1 unspecified atom stereocenters. The van der Waals surface area contributed by atoms with Crippen LogP contribution in [0.5, 0.6) is 0 Å².